The Labute approximate surface area is 154 Å². The molecule has 13 heteroatoms. The maximum absolute atomic E-state index is 10.1. The summed E-state index contributed by atoms with van der Waals surface area (Å²) in [5, 5.41) is 35.5. The molecule has 0 saturated carbocycles. The van der Waals surface area contributed by atoms with E-state index < -0.39 is 48.3 Å². The molecule has 1 aliphatic rings. The number of rotatable bonds is 8. The fourth-order valence-corrected chi connectivity index (χ4v) is 1.59. The Balaban J connectivity index is 0. The Morgan fingerprint density at radius 3 is 1.70 bits per heavy atom. The van der Waals surface area contributed by atoms with Crippen molar-refractivity contribution >= 4 is 29.8 Å². The topological polar surface area (TPSA) is 256 Å². The Hall–Kier alpha value is -2.77. The van der Waals surface area contributed by atoms with Crippen LogP contribution in [0.4, 0.5) is 0 Å². The molecular weight excluding hydrogens is 368 g/mol. The zero-order valence-electron chi connectivity index (χ0n) is 14.5. The first-order chi connectivity index (χ1) is 12.4. The molecular formula is C14H26N4O9. The molecule has 1 heterocycles. The summed E-state index contributed by atoms with van der Waals surface area (Å²) in [6.45, 7) is 0.858. The van der Waals surface area contributed by atoms with E-state index in [0.29, 0.717) is 0 Å². The van der Waals surface area contributed by atoms with Crippen molar-refractivity contribution in [2.45, 2.75) is 50.2 Å². The number of primary amides is 1. The minimum atomic E-state index is -1.29. The van der Waals surface area contributed by atoms with Crippen molar-refractivity contribution in [2.75, 3.05) is 6.54 Å². The molecule has 1 rings (SSSR count). The molecule has 0 aliphatic carbocycles. The van der Waals surface area contributed by atoms with Gasteiger partial charge in [0.1, 0.15) is 18.1 Å². The number of carboxylic acid groups (broad SMARTS) is 4. The maximum Gasteiger partial charge on any atom is 0.321 e. The third kappa shape index (κ3) is 16.4. The minimum absolute atomic E-state index is 0.0213. The Bertz CT molecular complexity index is 521. The summed E-state index contributed by atoms with van der Waals surface area (Å²) < 4.78 is 0. The van der Waals surface area contributed by atoms with E-state index in [1.807, 2.05) is 0 Å². The molecule has 1 fully saturated rings. The number of carbonyl (C=O) groups is 5. The highest BCUT2D eigenvalue weighted by Gasteiger charge is 2.20. The fraction of sp³-hybridized carbons (Fsp3) is 0.643. The molecule has 156 valence electrons. The zero-order valence-corrected chi connectivity index (χ0v) is 14.5. The first kappa shape index (κ1) is 26.5. The quantitative estimate of drug-likeness (QED) is 0.210. The van der Waals surface area contributed by atoms with Crippen LogP contribution >= 0.6 is 0 Å². The lowest BCUT2D eigenvalue weighted by Crippen LogP contribution is -2.32. The van der Waals surface area contributed by atoms with Crippen molar-refractivity contribution in [2.24, 2.45) is 17.2 Å². The second-order valence-electron chi connectivity index (χ2n) is 5.48. The number of nitrogens with two attached hydrogens (primary N) is 3. The van der Waals surface area contributed by atoms with Crippen LogP contribution in [-0.4, -0.2) is 74.9 Å². The predicted molar refractivity (Wildman–Crippen MR) is 90.6 cm³/mol. The Morgan fingerprint density at radius 1 is 0.963 bits per heavy atom. The lowest BCUT2D eigenvalue weighted by atomic mass is 10.2. The van der Waals surface area contributed by atoms with Crippen LogP contribution in [0.15, 0.2) is 0 Å². The number of carboxylic acids is 4. The molecule has 0 bridgehead atoms. The van der Waals surface area contributed by atoms with E-state index in [0.717, 1.165) is 19.4 Å². The summed E-state index contributed by atoms with van der Waals surface area (Å²) in [5.41, 5.74) is 14.6. The van der Waals surface area contributed by atoms with Gasteiger partial charge < -0.3 is 42.9 Å². The molecule has 0 spiro atoms. The summed E-state index contributed by atoms with van der Waals surface area (Å²) in [6.07, 6.45) is 1.37. The number of hydrogen-bond acceptors (Lipinski definition) is 8. The van der Waals surface area contributed by atoms with E-state index in [4.69, 9.17) is 37.6 Å². The molecule has 0 radical (unpaired) electrons. The molecule has 0 aromatic carbocycles. The molecule has 3 atom stereocenters. The van der Waals surface area contributed by atoms with Gasteiger partial charge in [0.2, 0.25) is 5.91 Å². The molecule has 1 saturated heterocycles. The van der Waals surface area contributed by atoms with Crippen molar-refractivity contribution in [1.29, 1.82) is 0 Å². The second kappa shape index (κ2) is 14.4. The Morgan fingerprint density at radius 2 is 1.48 bits per heavy atom. The van der Waals surface area contributed by atoms with Crippen LogP contribution in [0.1, 0.15) is 32.1 Å². The minimum Gasteiger partial charge on any atom is -0.481 e. The van der Waals surface area contributed by atoms with Crippen LogP contribution in [0.3, 0.4) is 0 Å². The average Bonchev–Trinajstić information content (AvgIpc) is 3.07. The summed E-state index contributed by atoms with van der Waals surface area (Å²) >= 11 is 0. The lowest BCUT2D eigenvalue weighted by molar-refractivity contribution is -0.144. The van der Waals surface area contributed by atoms with Crippen LogP contribution in [0.5, 0.6) is 0 Å². The maximum atomic E-state index is 10.1. The third-order valence-electron chi connectivity index (χ3n) is 3.09. The molecule has 11 N–H and O–H groups in total. The van der Waals surface area contributed by atoms with Gasteiger partial charge in [0.05, 0.1) is 6.42 Å². The smallest absolute Gasteiger partial charge is 0.321 e. The van der Waals surface area contributed by atoms with Gasteiger partial charge >= 0.3 is 23.9 Å². The number of nitrogens with one attached hydrogen (secondary N) is 1. The molecule has 0 aromatic heterocycles. The van der Waals surface area contributed by atoms with E-state index in [2.05, 4.69) is 5.32 Å². The molecule has 1 aliphatic heterocycles. The average molecular weight is 394 g/mol. The standard InChI is InChI=1S/C5H10N2O3.C5H9NO2.C4H7NO4/c6-3(5(9)10)1-2-4(7)8;7-5(8)4-2-1-3-6-4;5-2(4(8)9)1-3(6)7/h3H,1-2,6H2,(H2,7,8)(H,9,10);4,6H,1-3H2,(H,7,8);2H,1,5H2,(H,6,7)(H,8,9)/t3-;4-;2-/m000/s1. The highest BCUT2D eigenvalue weighted by Crippen LogP contribution is 2.03. The Kier molecular flexibility index (Phi) is 14.1. The van der Waals surface area contributed by atoms with Crippen LogP contribution in [0, 0.1) is 0 Å². The van der Waals surface area contributed by atoms with Gasteiger partial charge in [-0.15, -0.1) is 0 Å². The summed E-state index contributed by atoms with van der Waals surface area (Å²) in [4.78, 5) is 49.9. The third-order valence-corrected chi connectivity index (χ3v) is 3.09. The van der Waals surface area contributed by atoms with Gasteiger partial charge in [0, 0.05) is 6.42 Å². The molecule has 0 unspecified atom stereocenters. The predicted octanol–water partition coefficient (Wildman–Crippen LogP) is -2.64. The van der Waals surface area contributed by atoms with Crippen molar-refractivity contribution in [3.8, 4) is 0 Å². The summed E-state index contributed by atoms with van der Waals surface area (Å²) in [5.74, 6) is -4.86. The number of amides is 1. The fourth-order valence-electron chi connectivity index (χ4n) is 1.59. The normalized spacial score (nSPS) is 17.2. The van der Waals surface area contributed by atoms with Crippen molar-refractivity contribution in [3.05, 3.63) is 0 Å². The molecule has 1 amide bonds. The van der Waals surface area contributed by atoms with Crippen molar-refractivity contribution < 1.29 is 44.4 Å². The van der Waals surface area contributed by atoms with Crippen LogP contribution in [0.25, 0.3) is 0 Å². The van der Waals surface area contributed by atoms with Gasteiger partial charge in [0.15, 0.2) is 0 Å². The summed E-state index contributed by atoms with van der Waals surface area (Å²) in [6, 6.07) is -2.54. The molecule has 27 heavy (non-hydrogen) atoms. The number of hydrogen-bond donors (Lipinski definition) is 8. The van der Waals surface area contributed by atoms with Gasteiger partial charge in [0.25, 0.3) is 0 Å². The molecule has 0 aromatic rings. The largest absolute Gasteiger partial charge is 0.481 e. The van der Waals surface area contributed by atoms with Gasteiger partial charge in [-0.1, -0.05) is 0 Å². The molecule has 13 nitrogen and oxygen atoms in total. The second-order valence-corrected chi connectivity index (χ2v) is 5.48. The van der Waals surface area contributed by atoms with Crippen LogP contribution in [-0.2, 0) is 24.0 Å². The highest BCUT2D eigenvalue weighted by atomic mass is 16.4. The SMILES string of the molecule is NC(=O)CC[C@H](N)C(=O)O.N[C@@H](CC(=O)O)C(=O)O.O=C(O)[C@@H]1CCCN1. The van der Waals surface area contributed by atoms with E-state index >= 15 is 0 Å². The van der Waals surface area contributed by atoms with Crippen molar-refractivity contribution in [1.82, 2.24) is 5.32 Å². The lowest BCUT2D eigenvalue weighted by Gasteiger charge is -2.01. The van der Waals surface area contributed by atoms with Gasteiger partial charge in [-0.2, -0.15) is 0 Å². The summed E-state index contributed by atoms with van der Waals surface area (Å²) in [7, 11) is 0. The van der Waals surface area contributed by atoms with E-state index in [9.17, 15) is 24.0 Å². The van der Waals surface area contributed by atoms with Crippen LogP contribution in [0.2, 0.25) is 0 Å². The zero-order chi connectivity index (χ0) is 21.6. The van der Waals surface area contributed by atoms with E-state index in [1.165, 1.54) is 0 Å². The number of carbonyl (C=O) groups excluding carboxylic acids is 1. The first-order valence-corrected chi connectivity index (χ1v) is 7.81. The van der Waals surface area contributed by atoms with Gasteiger partial charge in [-0.05, 0) is 25.8 Å². The van der Waals surface area contributed by atoms with E-state index in [1.54, 1.807) is 0 Å². The van der Waals surface area contributed by atoms with Gasteiger partial charge in [-0.3, -0.25) is 24.0 Å². The monoisotopic (exact) mass is 394 g/mol. The number of aliphatic carboxylic acids is 4. The highest BCUT2D eigenvalue weighted by molar-refractivity contribution is 5.80. The van der Waals surface area contributed by atoms with E-state index in [-0.39, 0.29) is 18.9 Å². The van der Waals surface area contributed by atoms with Gasteiger partial charge in [-0.25, -0.2) is 0 Å². The van der Waals surface area contributed by atoms with Crippen LogP contribution < -0.4 is 22.5 Å². The van der Waals surface area contributed by atoms with Crippen molar-refractivity contribution in [3.63, 3.8) is 0 Å². The first-order valence-electron chi connectivity index (χ1n) is 7.81.